The van der Waals surface area contributed by atoms with E-state index in [1.54, 1.807) is 0 Å². The van der Waals surface area contributed by atoms with E-state index in [4.69, 9.17) is 11.5 Å². The van der Waals surface area contributed by atoms with Gasteiger partial charge in [-0.05, 0) is 24.8 Å². The molecule has 0 bridgehead atoms. The minimum absolute atomic E-state index is 0.0246. The molecule has 5 heteroatoms. The van der Waals surface area contributed by atoms with Crippen LogP contribution in [0.2, 0.25) is 0 Å². The van der Waals surface area contributed by atoms with Gasteiger partial charge in [-0.3, -0.25) is 9.59 Å². The monoisotopic (exact) mass is 213 g/mol. The Labute approximate surface area is 89.6 Å². The van der Waals surface area contributed by atoms with Gasteiger partial charge >= 0.3 is 0 Å². The van der Waals surface area contributed by atoms with Crippen molar-refractivity contribution in [1.29, 1.82) is 0 Å². The average Bonchev–Trinajstić information content (AvgIpc) is 2.11. The number of nitrogens with two attached hydrogens (primary N) is 2. The number of carbonyl (C=O) groups excluding carboxylic acids is 2. The van der Waals surface area contributed by atoms with Gasteiger partial charge in [-0.25, -0.2) is 0 Å². The molecule has 1 aliphatic rings. The van der Waals surface area contributed by atoms with Gasteiger partial charge in [0.25, 0.3) is 0 Å². The van der Waals surface area contributed by atoms with Crippen LogP contribution in [0.1, 0.15) is 32.1 Å². The molecule has 0 aromatic rings. The summed E-state index contributed by atoms with van der Waals surface area (Å²) in [6.45, 7) is 0.894. The van der Waals surface area contributed by atoms with Gasteiger partial charge in [0, 0.05) is 19.4 Å². The van der Waals surface area contributed by atoms with E-state index in [1.807, 2.05) is 0 Å². The van der Waals surface area contributed by atoms with Gasteiger partial charge < -0.3 is 16.8 Å². The van der Waals surface area contributed by atoms with Crippen LogP contribution in [0.4, 0.5) is 0 Å². The topological polar surface area (TPSA) is 98.2 Å². The molecule has 86 valence electrons. The molecule has 5 nitrogen and oxygen atoms in total. The van der Waals surface area contributed by atoms with E-state index in [-0.39, 0.29) is 17.7 Å². The largest absolute Gasteiger partial charge is 0.370 e. The SMILES string of the molecule is NCC1(CC(=O)NCCC(N)=O)CCC1. The smallest absolute Gasteiger partial charge is 0.220 e. The van der Waals surface area contributed by atoms with Gasteiger partial charge in [-0.15, -0.1) is 0 Å². The molecular formula is C10H19N3O2. The summed E-state index contributed by atoms with van der Waals surface area (Å²) in [6.07, 6.45) is 3.90. The highest BCUT2D eigenvalue weighted by Gasteiger charge is 2.37. The lowest BCUT2D eigenvalue weighted by molar-refractivity contribution is -0.124. The highest BCUT2D eigenvalue weighted by Crippen LogP contribution is 2.42. The van der Waals surface area contributed by atoms with Crippen LogP contribution < -0.4 is 16.8 Å². The molecule has 0 radical (unpaired) electrons. The van der Waals surface area contributed by atoms with Gasteiger partial charge in [0.1, 0.15) is 0 Å². The van der Waals surface area contributed by atoms with E-state index < -0.39 is 5.91 Å². The molecule has 0 unspecified atom stereocenters. The highest BCUT2D eigenvalue weighted by atomic mass is 16.2. The molecule has 1 fully saturated rings. The first-order chi connectivity index (χ1) is 7.08. The van der Waals surface area contributed by atoms with Gasteiger partial charge in [0.05, 0.1) is 0 Å². The summed E-state index contributed by atoms with van der Waals surface area (Å²) in [7, 11) is 0. The molecular weight excluding hydrogens is 194 g/mol. The predicted octanol–water partition coefficient (Wildman–Crippen LogP) is -0.503. The molecule has 1 rings (SSSR count). The Morgan fingerprint density at radius 1 is 1.33 bits per heavy atom. The minimum atomic E-state index is -0.396. The maximum Gasteiger partial charge on any atom is 0.220 e. The van der Waals surface area contributed by atoms with Crippen LogP contribution in [0.5, 0.6) is 0 Å². The van der Waals surface area contributed by atoms with E-state index in [9.17, 15) is 9.59 Å². The number of amides is 2. The number of carbonyl (C=O) groups is 2. The molecule has 0 aliphatic heterocycles. The molecule has 5 N–H and O–H groups in total. The van der Waals surface area contributed by atoms with Crippen molar-refractivity contribution < 1.29 is 9.59 Å². The third-order valence-electron chi connectivity index (χ3n) is 3.08. The number of primary amides is 1. The van der Waals surface area contributed by atoms with Gasteiger partial charge in [0.2, 0.25) is 11.8 Å². The van der Waals surface area contributed by atoms with Crippen LogP contribution in [0.3, 0.4) is 0 Å². The van der Waals surface area contributed by atoms with Crippen molar-refractivity contribution in [3.05, 3.63) is 0 Å². The lowest BCUT2D eigenvalue weighted by atomic mass is 9.66. The second-order valence-corrected chi connectivity index (χ2v) is 4.30. The molecule has 0 spiro atoms. The Hall–Kier alpha value is -1.10. The quantitative estimate of drug-likeness (QED) is 0.554. The first-order valence-corrected chi connectivity index (χ1v) is 5.33. The zero-order chi connectivity index (χ0) is 11.3. The second kappa shape index (κ2) is 5.11. The van der Waals surface area contributed by atoms with Gasteiger partial charge in [-0.2, -0.15) is 0 Å². The van der Waals surface area contributed by atoms with Crippen molar-refractivity contribution in [3.63, 3.8) is 0 Å². The van der Waals surface area contributed by atoms with E-state index in [0.717, 1.165) is 19.3 Å². The van der Waals surface area contributed by atoms with Crippen molar-refractivity contribution in [1.82, 2.24) is 5.32 Å². The van der Waals surface area contributed by atoms with Crippen molar-refractivity contribution in [3.8, 4) is 0 Å². The van der Waals surface area contributed by atoms with Gasteiger partial charge in [-0.1, -0.05) is 6.42 Å². The van der Waals surface area contributed by atoms with Crippen LogP contribution in [-0.2, 0) is 9.59 Å². The van der Waals surface area contributed by atoms with E-state index in [2.05, 4.69) is 5.32 Å². The summed E-state index contributed by atoms with van der Waals surface area (Å²) in [5, 5.41) is 2.68. The average molecular weight is 213 g/mol. The first kappa shape index (κ1) is 12.0. The van der Waals surface area contributed by atoms with E-state index in [1.165, 1.54) is 0 Å². The minimum Gasteiger partial charge on any atom is -0.370 e. The molecule has 2 amide bonds. The molecule has 0 heterocycles. The van der Waals surface area contributed by atoms with Gasteiger partial charge in [0.15, 0.2) is 0 Å². The standard InChI is InChI=1S/C10H19N3O2/c11-7-10(3-1-4-10)6-9(15)13-5-2-8(12)14/h1-7,11H2,(H2,12,14)(H,13,15). The van der Waals surface area contributed by atoms with Crippen LogP contribution in [0.15, 0.2) is 0 Å². The molecule has 1 saturated carbocycles. The number of nitrogens with one attached hydrogen (secondary N) is 1. The predicted molar refractivity (Wildman–Crippen MR) is 56.8 cm³/mol. The summed E-state index contributed by atoms with van der Waals surface area (Å²) in [6, 6.07) is 0. The van der Waals surface area contributed by atoms with Crippen LogP contribution in [-0.4, -0.2) is 24.9 Å². The van der Waals surface area contributed by atoms with Crippen molar-refractivity contribution in [2.45, 2.75) is 32.1 Å². The Morgan fingerprint density at radius 3 is 2.40 bits per heavy atom. The fourth-order valence-corrected chi connectivity index (χ4v) is 1.86. The maximum atomic E-state index is 11.5. The Kier molecular flexibility index (Phi) is 4.08. The first-order valence-electron chi connectivity index (χ1n) is 5.33. The normalized spacial score (nSPS) is 17.9. The van der Waals surface area contributed by atoms with Crippen LogP contribution in [0.25, 0.3) is 0 Å². The third-order valence-corrected chi connectivity index (χ3v) is 3.08. The lowest BCUT2D eigenvalue weighted by Crippen LogP contribution is -2.42. The fourth-order valence-electron chi connectivity index (χ4n) is 1.86. The van der Waals surface area contributed by atoms with E-state index in [0.29, 0.717) is 19.5 Å². The zero-order valence-electron chi connectivity index (χ0n) is 8.92. The summed E-state index contributed by atoms with van der Waals surface area (Å²) < 4.78 is 0. The fraction of sp³-hybridized carbons (Fsp3) is 0.800. The van der Waals surface area contributed by atoms with Crippen molar-refractivity contribution in [2.24, 2.45) is 16.9 Å². The van der Waals surface area contributed by atoms with Crippen LogP contribution >= 0.6 is 0 Å². The summed E-state index contributed by atoms with van der Waals surface area (Å²) in [4.78, 5) is 21.9. The second-order valence-electron chi connectivity index (χ2n) is 4.30. The molecule has 0 atom stereocenters. The number of hydrogen-bond acceptors (Lipinski definition) is 3. The van der Waals surface area contributed by atoms with Crippen molar-refractivity contribution in [2.75, 3.05) is 13.1 Å². The maximum absolute atomic E-state index is 11.5. The number of rotatable bonds is 6. The van der Waals surface area contributed by atoms with Crippen LogP contribution in [0, 0.1) is 5.41 Å². The summed E-state index contributed by atoms with van der Waals surface area (Å²) in [5.41, 5.74) is 10.6. The molecule has 0 aromatic carbocycles. The Bertz CT molecular complexity index is 244. The molecule has 15 heavy (non-hydrogen) atoms. The molecule has 1 aliphatic carbocycles. The summed E-state index contributed by atoms with van der Waals surface area (Å²) in [5.74, 6) is -0.422. The lowest BCUT2D eigenvalue weighted by Gasteiger charge is -2.40. The number of hydrogen-bond donors (Lipinski definition) is 3. The summed E-state index contributed by atoms with van der Waals surface area (Å²) >= 11 is 0. The zero-order valence-corrected chi connectivity index (χ0v) is 8.92. The molecule has 0 saturated heterocycles. The van der Waals surface area contributed by atoms with Crippen molar-refractivity contribution >= 4 is 11.8 Å². The molecule has 0 aromatic heterocycles. The third kappa shape index (κ3) is 3.51. The Morgan fingerprint density at radius 2 is 2.00 bits per heavy atom. The van der Waals surface area contributed by atoms with E-state index >= 15 is 0 Å². The highest BCUT2D eigenvalue weighted by molar-refractivity contribution is 5.78. The Balaban J connectivity index is 2.20.